The van der Waals surface area contributed by atoms with Gasteiger partial charge in [-0.25, -0.2) is 9.36 Å². The molecular formula is C23H22N5O7S+. The van der Waals surface area contributed by atoms with Gasteiger partial charge in [-0.1, -0.05) is 23.5 Å². The van der Waals surface area contributed by atoms with Crippen LogP contribution < -0.4 is 10.3 Å². The fourth-order valence-electron chi connectivity index (χ4n) is 5.23. The number of nitrogens with zero attached hydrogens (tertiary/aromatic N) is 4. The van der Waals surface area contributed by atoms with Gasteiger partial charge in [-0.3, -0.25) is 19.7 Å². The third-order valence-corrected chi connectivity index (χ3v) is 7.74. The number of aliphatic hydroxyl groups is 1. The molecule has 2 amide bonds. The van der Waals surface area contributed by atoms with E-state index >= 15 is 0 Å². The summed E-state index contributed by atoms with van der Waals surface area (Å²) in [5.74, 6) is -3.42. The summed E-state index contributed by atoms with van der Waals surface area (Å²) in [5, 5.41) is 31.5. The van der Waals surface area contributed by atoms with Crippen LogP contribution in [-0.2, 0) is 27.3 Å². The van der Waals surface area contributed by atoms with Crippen LogP contribution in [0.4, 0.5) is 5.69 Å². The number of aromatic nitrogens is 2. The number of nitro groups is 1. The van der Waals surface area contributed by atoms with Crippen molar-refractivity contribution in [1.29, 1.82) is 0 Å². The predicted molar refractivity (Wildman–Crippen MR) is 125 cm³/mol. The van der Waals surface area contributed by atoms with Gasteiger partial charge in [-0.15, -0.1) is 0 Å². The van der Waals surface area contributed by atoms with Gasteiger partial charge in [0.1, 0.15) is 18.1 Å². The first kappa shape index (κ1) is 23.6. The van der Waals surface area contributed by atoms with E-state index in [9.17, 15) is 34.7 Å². The number of carboxylic acid groups (broad SMARTS) is 1. The first-order chi connectivity index (χ1) is 17.1. The van der Waals surface area contributed by atoms with Crippen molar-refractivity contribution in [3.8, 4) is 0 Å². The molecule has 12 nitrogen and oxygen atoms in total. The molecule has 0 saturated carbocycles. The number of non-ortho nitro benzene ring substituents is 1. The van der Waals surface area contributed by atoms with Crippen LogP contribution in [0.2, 0.25) is 0 Å². The zero-order valence-corrected chi connectivity index (χ0v) is 19.8. The van der Waals surface area contributed by atoms with Gasteiger partial charge in [0.25, 0.3) is 11.6 Å². The standard InChI is InChI=1S/C23H21N5O7S/c1-11(29)18-20-14(6-12-2-4-13(5-3-12)28(34)35)19(21(23(32)33)27(20)22(18)31)15-7-26-10-25(8-16(24)30)9-17(26)36-15/h2-5,7,9-11,14,18,20,29H,6,8H2,1H3,(H2-,24,30,32,33)/p+1/t11-,14?,18-,20-/m1/s1. The summed E-state index contributed by atoms with van der Waals surface area (Å²) in [4.78, 5) is 49.7. The summed E-state index contributed by atoms with van der Waals surface area (Å²) in [6.07, 6.45) is 4.47. The van der Waals surface area contributed by atoms with Crippen molar-refractivity contribution in [2.45, 2.75) is 32.0 Å². The van der Waals surface area contributed by atoms with Crippen LogP contribution in [0.5, 0.6) is 0 Å². The van der Waals surface area contributed by atoms with Crippen molar-refractivity contribution in [2.75, 3.05) is 0 Å². The molecule has 0 bridgehead atoms. The molecule has 13 heteroatoms. The highest BCUT2D eigenvalue weighted by Gasteiger charge is 2.61. The highest BCUT2D eigenvalue weighted by molar-refractivity contribution is 7.18. The molecule has 2 aliphatic rings. The number of amides is 2. The molecule has 1 aromatic carbocycles. The molecule has 3 aromatic rings. The van der Waals surface area contributed by atoms with Crippen LogP contribution in [0.25, 0.3) is 10.4 Å². The number of carboxylic acids is 1. The van der Waals surface area contributed by atoms with Gasteiger partial charge >= 0.3 is 5.97 Å². The average molecular weight is 513 g/mol. The van der Waals surface area contributed by atoms with Crippen LogP contribution in [-0.4, -0.2) is 54.4 Å². The van der Waals surface area contributed by atoms with E-state index in [1.54, 1.807) is 39.8 Å². The van der Waals surface area contributed by atoms with Crippen molar-refractivity contribution < 1.29 is 34.1 Å². The van der Waals surface area contributed by atoms with E-state index in [0.717, 1.165) is 10.4 Å². The number of hydrogen-bond acceptors (Lipinski definition) is 7. The number of imidazole rings is 1. The van der Waals surface area contributed by atoms with Crippen molar-refractivity contribution in [3.05, 3.63) is 69.2 Å². The van der Waals surface area contributed by atoms with Crippen LogP contribution in [0.3, 0.4) is 0 Å². The molecule has 4 N–H and O–H groups in total. The quantitative estimate of drug-likeness (QED) is 0.171. The Hall–Kier alpha value is -4.10. The summed E-state index contributed by atoms with van der Waals surface area (Å²) in [7, 11) is 0. The fraction of sp³-hybridized carbons (Fsp3) is 0.304. The van der Waals surface area contributed by atoms with Gasteiger partial charge in [-0.05, 0) is 18.9 Å². The number of thiazole rings is 1. The Morgan fingerprint density at radius 3 is 2.56 bits per heavy atom. The molecule has 36 heavy (non-hydrogen) atoms. The van der Waals surface area contributed by atoms with E-state index in [1.165, 1.54) is 35.3 Å². The maximum Gasteiger partial charge on any atom is 0.352 e. The number of carbonyl (C=O) groups is 3. The Labute approximate surface area is 207 Å². The second-order valence-electron chi connectivity index (χ2n) is 8.99. The van der Waals surface area contributed by atoms with E-state index in [1.807, 2.05) is 0 Å². The maximum atomic E-state index is 12.9. The van der Waals surface area contributed by atoms with Gasteiger partial charge in [0.05, 0.1) is 27.9 Å². The number of nitrogens with two attached hydrogens (primary N) is 1. The van der Waals surface area contributed by atoms with Crippen molar-refractivity contribution in [1.82, 2.24) is 9.30 Å². The molecule has 0 radical (unpaired) electrons. The van der Waals surface area contributed by atoms with E-state index in [0.29, 0.717) is 16.9 Å². The summed E-state index contributed by atoms with van der Waals surface area (Å²) in [6, 6.07) is 5.43. The number of aliphatic carboxylic acids is 1. The lowest BCUT2D eigenvalue weighted by molar-refractivity contribution is -0.682. The molecule has 186 valence electrons. The number of fused-ring (bicyclic) bond motifs is 2. The Morgan fingerprint density at radius 2 is 2.00 bits per heavy atom. The first-order valence-electron chi connectivity index (χ1n) is 11.1. The van der Waals surface area contributed by atoms with Crippen LogP contribution in [0.15, 0.2) is 48.7 Å². The zero-order chi connectivity index (χ0) is 25.9. The maximum absolute atomic E-state index is 12.9. The summed E-state index contributed by atoms with van der Waals surface area (Å²) in [6.45, 7) is 1.50. The Bertz CT molecular complexity index is 1420. The van der Waals surface area contributed by atoms with Crippen molar-refractivity contribution in [3.63, 3.8) is 0 Å². The first-order valence-corrected chi connectivity index (χ1v) is 11.9. The average Bonchev–Trinajstić information content (AvgIpc) is 3.41. The van der Waals surface area contributed by atoms with E-state index in [2.05, 4.69) is 0 Å². The minimum Gasteiger partial charge on any atom is -0.477 e. The van der Waals surface area contributed by atoms with Gasteiger partial charge < -0.3 is 20.8 Å². The van der Waals surface area contributed by atoms with E-state index in [4.69, 9.17) is 5.73 Å². The number of β-lactam (4-membered cyclic amide) rings is 1. The molecule has 1 unspecified atom stereocenters. The summed E-state index contributed by atoms with van der Waals surface area (Å²) in [5.41, 5.74) is 6.29. The molecule has 0 spiro atoms. The Morgan fingerprint density at radius 1 is 1.31 bits per heavy atom. The normalized spacial score (nSPS) is 22.0. The van der Waals surface area contributed by atoms with E-state index in [-0.39, 0.29) is 17.9 Å². The van der Waals surface area contributed by atoms with Crippen molar-refractivity contribution >= 4 is 45.2 Å². The Balaban J connectivity index is 1.60. The molecule has 1 fully saturated rings. The largest absolute Gasteiger partial charge is 0.477 e. The number of primary amides is 1. The number of hydrogen-bond donors (Lipinski definition) is 3. The minimum atomic E-state index is -1.25. The Kier molecular flexibility index (Phi) is 5.60. The van der Waals surface area contributed by atoms with Crippen molar-refractivity contribution in [2.24, 2.45) is 17.6 Å². The van der Waals surface area contributed by atoms with E-state index < -0.39 is 46.7 Å². The van der Waals surface area contributed by atoms with Gasteiger partial charge in [0, 0.05) is 23.6 Å². The number of nitro benzene ring substituents is 1. The highest BCUT2D eigenvalue weighted by Crippen LogP contribution is 2.52. The predicted octanol–water partition coefficient (Wildman–Crippen LogP) is 0.558. The topological polar surface area (TPSA) is 172 Å². The monoisotopic (exact) mass is 512 g/mol. The zero-order valence-electron chi connectivity index (χ0n) is 19.0. The second kappa shape index (κ2) is 8.53. The second-order valence-corrected chi connectivity index (χ2v) is 10.1. The molecule has 4 atom stereocenters. The fourth-order valence-corrected chi connectivity index (χ4v) is 6.37. The molecule has 2 aliphatic heterocycles. The summed E-state index contributed by atoms with van der Waals surface area (Å²) < 4.78 is 3.37. The lowest BCUT2D eigenvalue weighted by Gasteiger charge is -2.47. The van der Waals surface area contributed by atoms with Gasteiger partial charge in [0.15, 0.2) is 6.54 Å². The molecule has 2 aromatic heterocycles. The van der Waals surface area contributed by atoms with Crippen LogP contribution in [0, 0.1) is 22.0 Å². The lowest BCUT2D eigenvalue weighted by Crippen LogP contribution is -2.64. The lowest BCUT2D eigenvalue weighted by atomic mass is 9.74. The number of aliphatic hydroxyl groups excluding tert-OH is 1. The summed E-state index contributed by atoms with van der Waals surface area (Å²) >= 11 is 1.31. The third kappa shape index (κ3) is 3.72. The number of carbonyl (C=O) groups excluding carboxylic acids is 2. The SMILES string of the molecule is C[C@@H](O)[C@H]1C(=O)N2C(C(=O)O)=C(c3cn4c[n+](CC(N)=O)cc4s3)C(Cc3ccc([N+](=O)[O-])cc3)[C@H]12. The van der Waals surface area contributed by atoms with Gasteiger partial charge in [0.2, 0.25) is 17.1 Å². The highest BCUT2D eigenvalue weighted by atomic mass is 32.1. The van der Waals surface area contributed by atoms with Gasteiger partial charge in [-0.2, -0.15) is 4.40 Å². The van der Waals surface area contributed by atoms with Crippen LogP contribution in [0.1, 0.15) is 17.4 Å². The number of benzene rings is 1. The number of rotatable bonds is 8. The minimum absolute atomic E-state index is 0.00397. The molecule has 5 rings (SSSR count). The molecule has 4 heterocycles. The smallest absolute Gasteiger partial charge is 0.352 e. The molecule has 0 aliphatic carbocycles. The molecular weight excluding hydrogens is 490 g/mol. The van der Waals surface area contributed by atoms with Crippen LogP contribution >= 0.6 is 11.3 Å². The third-order valence-electron chi connectivity index (χ3n) is 6.67. The molecule has 1 saturated heterocycles.